The van der Waals surface area contributed by atoms with Crippen molar-refractivity contribution in [1.29, 1.82) is 0 Å². The van der Waals surface area contributed by atoms with Crippen molar-refractivity contribution in [1.82, 2.24) is 16.0 Å². The second-order valence-corrected chi connectivity index (χ2v) is 8.90. The van der Waals surface area contributed by atoms with Gasteiger partial charge >= 0.3 is 0 Å². The largest absolute Gasteiger partial charge is 0.497 e. The van der Waals surface area contributed by atoms with Crippen molar-refractivity contribution in [2.45, 2.75) is 44.9 Å². The van der Waals surface area contributed by atoms with Crippen LogP contribution in [-0.2, 0) is 19.1 Å². The number of aryl methyl sites for hydroxylation is 2. The van der Waals surface area contributed by atoms with Crippen molar-refractivity contribution >= 4 is 17.6 Å². The number of ether oxygens (including phenoxy) is 2. The van der Waals surface area contributed by atoms with Crippen LogP contribution in [0.15, 0.2) is 54.6 Å². The molecule has 4 rings (SSSR count). The smallest absolute Gasteiger partial charge is 0.240 e. The number of rotatable bonds is 7. The van der Waals surface area contributed by atoms with Crippen molar-refractivity contribution in [2.24, 2.45) is 0 Å². The van der Waals surface area contributed by atoms with Crippen LogP contribution in [0.4, 0.5) is 0 Å². The molecule has 2 aromatic rings. The van der Waals surface area contributed by atoms with E-state index in [9.17, 15) is 19.5 Å². The molecule has 0 radical (unpaired) electrons. The van der Waals surface area contributed by atoms with E-state index in [-0.39, 0.29) is 18.9 Å². The first-order valence-electron chi connectivity index (χ1n) is 11.9. The number of epoxide rings is 1. The van der Waals surface area contributed by atoms with E-state index in [1.807, 2.05) is 42.5 Å². The van der Waals surface area contributed by atoms with Crippen molar-refractivity contribution in [3.05, 3.63) is 65.7 Å². The number of amides is 2. The number of carbonyl (C=O) groups is 3. The third kappa shape index (κ3) is 10.2. The third-order valence-corrected chi connectivity index (χ3v) is 5.71. The molecule has 9 nitrogen and oxygen atoms in total. The quantitative estimate of drug-likeness (QED) is 0.423. The van der Waals surface area contributed by atoms with Crippen molar-refractivity contribution in [3.63, 3.8) is 0 Å². The molecule has 2 aliphatic rings. The van der Waals surface area contributed by atoms with E-state index in [0.717, 1.165) is 5.75 Å². The molecule has 2 fully saturated rings. The molecule has 0 bridgehead atoms. The summed E-state index contributed by atoms with van der Waals surface area (Å²) >= 11 is 0. The zero-order valence-electron chi connectivity index (χ0n) is 21.4. The number of methoxy groups -OCH3 is 1. The summed E-state index contributed by atoms with van der Waals surface area (Å²) in [6, 6.07) is 17.5. The Morgan fingerprint density at radius 2 is 1.64 bits per heavy atom. The SMILES string of the molecule is COc1ccc(C)cc1.C[C@]1(C(=O)CNC(=O)CNC(=O)C2NCCC2O)CO1.Cc1ccccc1. The van der Waals surface area contributed by atoms with E-state index in [1.54, 1.807) is 14.0 Å². The highest BCUT2D eigenvalue weighted by Gasteiger charge is 2.46. The van der Waals surface area contributed by atoms with Crippen LogP contribution < -0.4 is 20.7 Å². The molecule has 3 atom stereocenters. The maximum atomic E-state index is 11.7. The van der Waals surface area contributed by atoms with Gasteiger partial charge < -0.3 is 30.5 Å². The van der Waals surface area contributed by atoms with E-state index in [4.69, 9.17) is 9.47 Å². The fourth-order valence-electron chi connectivity index (χ4n) is 3.14. The maximum absolute atomic E-state index is 11.7. The van der Waals surface area contributed by atoms with Crippen LogP contribution in [0.25, 0.3) is 0 Å². The highest BCUT2D eigenvalue weighted by molar-refractivity contribution is 5.94. The second-order valence-electron chi connectivity index (χ2n) is 8.90. The molecule has 196 valence electrons. The maximum Gasteiger partial charge on any atom is 0.240 e. The first-order valence-corrected chi connectivity index (χ1v) is 11.9. The number of ketones is 1. The van der Waals surface area contributed by atoms with Gasteiger partial charge in [0.1, 0.15) is 17.4 Å². The van der Waals surface area contributed by atoms with Crippen LogP contribution in [-0.4, -0.2) is 73.8 Å². The number of aliphatic hydroxyl groups is 1. The fourth-order valence-corrected chi connectivity index (χ4v) is 3.14. The first-order chi connectivity index (χ1) is 17.1. The minimum atomic E-state index is -0.756. The standard InChI is InChI=1S/C12H19N3O5.C8H10O.C7H8/c1-12(6-20-12)8(17)4-14-9(18)5-15-11(19)10-7(16)2-3-13-10;1-7-3-5-8(9-2)6-4-7;1-7-5-3-2-4-6-7/h7,10,13,16H,2-6H2,1H3,(H,14,18)(H,15,19);3-6H,1-2H3;2-6H,1H3/t7?,10?,12-;;/m1../s1. The summed E-state index contributed by atoms with van der Waals surface area (Å²) in [5.74, 6) is -0.150. The predicted octanol–water partition coefficient (Wildman–Crippen LogP) is 1.30. The fraction of sp³-hybridized carbons (Fsp3) is 0.444. The Kier molecular flexibility index (Phi) is 11.5. The Morgan fingerprint density at radius 1 is 1.03 bits per heavy atom. The molecule has 2 aromatic carbocycles. The summed E-state index contributed by atoms with van der Waals surface area (Å²) in [6.07, 6.45) is -0.219. The second kappa shape index (κ2) is 14.3. The summed E-state index contributed by atoms with van der Waals surface area (Å²) in [6.45, 7) is 6.40. The lowest BCUT2D eigenvalue weighted by molar-refractivity contribution is -0.129. The minimum Gasteiger partial charge on any atom is -0.497 e. The Morgan fingerprint density at radius 3 is 2.11 bits per heavy atom. The van der Waals surface area contributed by atoms with Gasteiger partial charge in [-0.05, 0) is 45.9 Å². The molecule has 0 aromatic heterocycles. The molecular weight excluding hydrogens is 462 g/mol. The van der Waals surface area contributed by atoms with E-state index in [1.165, 1.54) is 11.1 Å². The zero-order valence-corrected chi connectivity index (χ0v) is 21.4. The van der Waals surface area contributed by atoms with Crippen LogP contribution in [0.1, 0.15) is 24.5 Å². The number of aliphatic hydroxyl groups excluding tert-OH is 1. The molecule has 2 aliphatic heterocycles. The number of nitrogens with one attached hydrogen (secondary N) is 3. The molecule has 0 aliphatic carbocycles. The van der Waals surface area contributed by atoms with Crippen molar-refractivity contribution in [2.75, 3.05) is 33.4 Å². The van der Waals surface area contributed by atoms with Crippen LogP contribution in [0.2, 0.25) is 0 Å². The average molecular weight is 500 g/mol. The molecule has 2 heterocycles. The van der Waals surface area contributed by atoms with Gasteiger partial charge in [0.25, 0.3) is 0 Å². The Balaban J connectivity index is 0.000000233. The molecular formula is C27H37N3O6. The van der Waals surface area contributed by atoms with Crippen LogP contribution >= 0.6 is 0 Å². The topological polar surface area (TPSA) is 129 Å². The van der Waals surface area contributed by atoms with Crippen LogP contribution in [0.3, 0.4) is 0 Å². The predicted molar refractivity (Wildman–Crippen MR) is 137 cm³/mol. The minimum absolute atomic E-state index is 0.116. The Labute approximate surface area is 212 Å². The van der Waals surface area contributed by atoms with E-state index >= 15 is 0 Å². The molecule has 9 heteroatoms. The lowest BCUT2D eigenvalue weighted by atomic mass is 10.1. The van der Waals surface area contributed by atoms with Gasteiger partial charge in [0.2, 0.25) is 11.8 Å². The summed E-state index contributed by atoms with van der Waals surface area (Å²) in [5, 5.41) is 17.2. The molecule has 2 saturated heterocycles. The molecule has 4 N–H and O–H groups in total. The number of Topliss-reactive ketones (excluding diaryl/α,β-unsaturated/α-hetero) is 1. The van der Waals surface area contributed by atoms with Gasteiger partial charge in [-0.15, -0.1) is 0 Å². The Bertz CT molecular complexity index is 977. The highest BCUT2D eigenvalue weighted by Crippen LogP contribution is 2.26. The Hall–Kier alpha value is -3.27. The number of benzene rings is 2. The van der Waals surface area contributed by atoms with Gasteiger partial charge in [-0.25, -0.2) is 0 Å². The molecule has 0 spiro atoms. The number of hydrogen-bond acceptors (Lipinski definition) is 7. The monoisotopic (exact) mass is 499 g/mol. The third-order valence-electron chi connectivity index (χ3n) is 5.71. The molecule has 2 unspecified atom stereocenters. The lowest BCUT2D eigenvalue weighted by Crippen LogP contribution is -2.49. The van der Waals surface area contributed by atoms with Gasteiger partial charge in [-0.2, -0.15) is 0 Å². The van der Waals surface area contributed by atoms with Crippen molar-refractivity contribution in [3.8, 4) is 5.75 Å². The van der Waals surface area contributed by atoms with Gasteiger partial charge in [0.15, 0.2) is 5.78 Å². The first kappa shape index (κ1) is 29.0. The molecule has 2 amide bonds. The van der Waals surface area contributed by atoms with E-state index in [2.05, 4.69) is 41.9 Å². The van der Waals surface area contributed by atoms with E-state index in [0.29, 0.717) is 19.6 Å². The zero-order chi connectivity index (χ0) is 26.6. The van der Waals surface area contributed by atoms with Crippen molar-refractivity contribution < 1.29 is 29.0 Å². The molecule has 36 heavy (non-hydrogen) atoms. The summed E-state index contributed by atoms with van der Waals surface area (Å²) in [4.78, 5) is 34.7. The van der Waals surface area contributed by atoms with E-state index < -0.39 is 29.6 Å². The average Bonchev–Trinajstić information content (AvgIpc) is 3.49. The van der Waals surface area contributed by atoms with Gasteiger partial charge in [0.05, 0.1) is 32.9 Å². The van der Waals surface area contributed by atoms with Gasteiger partial charge in [0, 0.05) is 0 Å². The molecule has 0 saturated carbocycles. The lowest BCUT2D eigenvalue weighted by Gasteiger charge is -2.14. The highest BCUT2D eigenvalue weighted by atomic mass is 16.6. The summed E-state index contributed by atoms with van der Waals surface area (Å²) in [7, 11) is 1.67. The van der Waals surface area contributed by atoms with Gasteiger partial charge in [-0.3, -0.25) is 14.4 Å². The number of carbonyl (C=O) groups excluding carboxylic acids is 3. The van der Waals surface area contributed by atoms with Crippen LogP contribution in [0, 0.1) is 13.8 Å². The number of hydrogen-bond donors (Lipinski definition) is 4. The normalized spacial score (nSPS) is 21.6. The van der Waals surface area contributed by atoms with Gasteiger partial charge in [-0.1, -0.05) is 53.6 Å². The summed E-state index contributed by atoms with van der Waals surface area (Å²) < 4.78 is 9.93. The van der Waals surface area contributed by atoms with Crippen LogP contribution in [0.5, 0.6) is 5.75 Å². The summed E-state index contributed by atoms with van der Waals surface area (Å²) in [5.41, 5.74) is 1.83.